The molecule has 166 valence electrons. The molecule has 0 atom stereocenters. The van der Waals surface area contributed by atoms with Gasteiger partial charge in [0.2, 0.25) is 5.91 Å². The molecule has 0 bridgehead atoms. The fraction of sp³-hybridized carbons (Fsp3) is 0.200. The Balaban J connectivity index is 1.24. The number of pyridine rings is 1. The Hall–Kier alpha value is -4.20. The van der Waals surface area contributed by atoms with E-state index in [1.807, 2.05) is 53.4 Å². The van der Waals surface area contributed by atoms with Crippen LogP contribution in [-0.4, -0.2) is 58.1 Å². The molecule has 1 saturated heterocycles. The molecule has 0 aliphatic carbocycles. The SMILES string of the molecule is O=C(Nc1ccncc1)c1ccccc1N1CCN(C(=O)Cc2n[nH]c3ccccc23)CC1. The maximum absolute atomic E-state index is 12.9. The van der Waals surface area contributed by atoms with Gasteiger partial charge in [0.05, 0.1) is 23.2 Å². The number of benzene rings is 2. The van der Waals surface area contributed by atoms with Crippen molar-refractivity contribution in [3.8, 4) is 0 Å². The first kappa shape index (κ1) is 20.7. The summed E-state index contributed by atoms with van der Waals surface area (Å²) >= 11 is 0. The van der Waals surface area contributed by atoms with Crippen LogP contribution in [-0.2, 0) is 11.2 Å². The van der Waals surface area contributed by atoms with E-state index in [0.717, 1.165) is 22.3 Å². The smallest absolute Gasteiger partial charge is 0.257 e. The molecule has 8 nitrogen and oxygen atoms in total. The second kappa shape index (κ2) is 9.12. The number of aromatic amines is 1. The summed E-state index contributed by atoms with van der Waals surface area (Å²) in [6.07, 6.45) is 3.56. The molecule has 3 heterocycles. The number of H-pyrrole nitrogens is 1. The third kappa shape index (κ3) is 4.41. The molecule has 1 aliphatic rings. The van der Waals surface area contributed by atoms with E-state index < -0.39 is 0 Å². The van der Waals surface area contributed by atoms with Gasteiger partial charge in [0.15, 0.2) is 0 Å². The largest absolute Gasteiger partial charge is 0.367 e. The lowest BCUT2D eigenvalue weighted by Gasteiger charge is -2.36. The Labute approximate surface area is 191 Å². The highest BCUT2D eigenvalue weighted by Gasteiger charge is 2.25. The van der Waals surface area contributed by atoms with Gasteiger partial charge in [-0.05, 0) is 30.3 Å². The normalized spacial score (nSPS) is 13.8. The summed E-state index contributed by atoms with van der Waals surface area (Å²) in [7, 11) is 0. The van der Waals surface area contributed by atoms with Crippen molar-refractivity contribution in [2.75, 3.05) is 36.4 Å². The van der Waals surface area contributed by atoms with Crippen molar-refractivity contribution in [2.45, 2.75) is 6.42 Å². The van der Waals surface area contributed by atoms with Crippen molar-refractivity contribution in [1.82, 2.24) is 20.1 Å². The Morgan fingerprint density at radius 3 is 2.45 bits per heavy atom. The van der Waals surface area contributed by atoms with Gasteiger partial charge in [-0.15, -0.1) is 0 Å². The summed E-state index contributed by atoms with van der Waals surface area (Å²) in [6.45, 7) is 2.52. The van der Waals surface area contributed by atoms with Crippen LogP contribution >= 0.6 is 0 Å². The minimum absolute atomic E-state index is 0.0654. The van der Waals surface area contributed by atoms with Crippen molar-refractivity contribution < 1.29 is 9.59 Å². The van der Waals surface area contributed by atoms with Crippen LogP contribution in [0.3, 0.4) is 0 Å². The molecular formula is C25H24N6O2. The van der Waals surface area contributed by atoms with Crippen LogP contribution in [0, 0.1) is 0 Å². The molecule has 1 fully saturated rings. The van der Waals surface area contributed by atoms with E-state index in [9.17, 15) is 9.59 Å². The number of nitrogens with zero attached hydrogens (tertiary/aromatic N) is 4. The average molecular weight is 441 g/mol. The van der Waals surface area contributed by atoms with Crippen molar-refractivity contribution in [1.29, 1.82) is 0 Å². The number of rotatable bonds is 5. The van der Waals surface area contributed by atoms with E-state index in [1.54, 1.807) is 24.5 Å². The molecular weight excluding hydrogens is 416 g/mol. The van der Waals surface area contributed by atoms with Crippen molar-refractivity contribution in [2.24, 2.45) is 0 Å². The lowest BCUT2D eigenvalue weighted by molar-refractivity contribution is -0.130. The number of hydrogen-bond donors (Lipinski definition) is 2. The summed E-state index contributed by atoms with van der Waals surface area (Å²) in [5, 5.41) is 11.2. The molecule has 5 rings (SSSR count). The molecule has 4 aromatic rings. The van der Waals surface area contributed by atoms with E-state index in [-0.39, 0.29) is 18.2 Å². The third-order valence-electron chi connectivity index (χ3n) is 5.93. The zero-order valence-corrected chi connectivity index (χ0v) is 18.1. The summed E-state index contributed by atoms with van der Waals surface area (Å²) in [5.74, 6) is -0.101. The fourth-order valence-corrected chi connectivity index (χ4v) is 4.18. The topological polar surface area (TPSA) is 94.2 Å². The first-order valence-corrected chi connectivity index (χ1v) is 10.9. The number of anilines is 2. The van der Waals surface area contributed by atoms with E-state index in [0.29, 0.717) is 37.4 Å². The van der Waals surface area contributed by atoms with Gasteiger partial charge in [-0.3, -0.25) is 19.7 Å². The molecule has 0 radical (unpaired) electrons. The first-order valence-electron chi connectivity index (χ1n) is 10.9. The lowest BCUT2D eigenvalue weighted by atomic mass is 10.1. The predicted octanol–water partition coefficient (Wildman–Crippen LogP) is 3.10. The number of aromatic nitrogens is 3. The van der Waals surface area contributed by atoms with E-state index >= 15 is 0 Å². The maximum Gasteiger partial charge on any atom is 0.257 e. The Kier molecular flexibility index (Phi) is 5.72. The Morgan fingerprint density at radius 1 is 0.909 bits per heavy atom. The van der Waals surface area contributed by atoms with E-state index in [2.05, 4.69) is 25.4 Å². The molecule has 2 N–H and O–H groups in total. The van der Waals surface area contributed by atoms with Gasteiger partial charge in [-0.25, -0.2) is 0 Å². The van der Waals surface area contributed by atoms with Crippen LogP contribution in [0.2, 0.25) is 0 Å². The van der Waals surface area contributed by atoms with Gasteiger partial charge < -0.3 is 15.1 Å². The molecule has 2 amide bonds. The molecule has 8 heteroatoms. The van der Waals surface area contributed by atoms with Gasteiger partial charge in [-0.2, -0.15) is 5.10 Å². The highest BCUT2D eigenvalue weighted by Crippen LogP contribution is 2.24. The molecule has 2 aromatic heterocycles. The van der Waals surface area contributed by atoms with Gasteiger partial charge >= 0.3 is 0 Å². The molecule has 1 aliphatic heterocycles. The standard InChI is InChI=1S/C25H24N6O2/c32-24(17-22-19-5-1-3-7-21(19)28-29-22)31-15-13-30(14-16-31)23-8-4-2-6-20(23)25(33)27-18-9-11-26-12-10-18/h1-12H,13-17H2,(H,28,29)(H,26,27,33). The highest BCUT2D eigenvalue weighted by atomic mass is 16.2. The van der Waals surface area contributed by atoms with Gasteiger partial charge in [0, 0.05) is 55.3 Å². The zero-order chi connectivity index (χ0) is 22.6. The van der Waals surface area contributed by atoms with Crippen molar-refractivity contribution in [3.63, 3.8) is 0 Å². The van der Waals surface area contributed by atoms with Crippen LogP contribution in [0.5, 0.6) is 0 Å². The minimum atomic E-state index is -0.166. The quantitative estimate of drug-likeness (QED) is 0.497. The number of para-hydroxylation sites is 2. The van der Waals surface area contributed by atoms with Crippen molar-refractivity contribution >= 4 is 34.1 Å². The number of carbonyl (C=O) groups is 2. The number of fused-ring (bicyclic) bond motifs is 1. The summed E-state index contributed by atoms with van der Waals surface area (Å²) < 4.78 is 0. The molecule has 0 unspecified atom stereocenters. The first-order chi connectivity index (χ1) is 16.2. The van der Waals surface area contributed by atoms with Crippen LogP contribution in [0.25, 0.3) is 10.9 Å². The average Bonchev–Trinajstić information content (AvgIpc) is 3.27. The summed E-state index contributed by atoms with van der Waals surface area (Å²) in [4.78, 5) is 33.8. The molecule has 0 spiro atoms. The number of piperazine rings is 1. The summed E-state index contributed by atoms with van der Waals surface area (Å²) in [5.41, 5.74) is 3.89. The van der Waals surface area contributed by atoms with Gasteiger partial charge in [0.1, 0.15) is 0 Å². The van der Waals surface area contributed by atoms with Crippen LogP contribution in [0.1, 0.15) is 16.1 Å². The minimum Gasteiger partial charge on any atom is -0.367 e. The number of hydrogen-bond acceptors (Lipinski definition) is 5. The van der Waals surface area contributed by atoms with Gasteiger partial charge in [0.25, 0.3) is 5.91 Å². The van der Waals surface area contributed by atoms with Gasteiger partial charge in [-0.1, -0.05) is 30.3 Å². The second-order valence-corrected chi connectivity index (χ2v) is 7.97. The zero-order valence-electron chi connectivity index (χ0n) is 18.1. The maximum atomic E-state index is 12.9. The highest BCUT2D eigenvalue weighted by molar-refractivity contribution is 6.08. The van der Waals surface area contributed by atoms with E-state index in [1.165, 1.54) is 0 Å². The Bertz CT molecular complexity index is 1280. The van der Waals surface area contributed by atoms with Crippen LogP contribution in [0.4, 0.5) is 11.4 Å². The predicted molar refractivity (Wildman–Crippen MR) is 127 cm³/mol. The number of carbonyl (C=O) groups excluding carboxylic acids is 2. The summed E-state index contributed by atoms with van der Waals surface area (Å²) in [6, 6.07) is 18.9. The van der Waals surface area contributed by atoms with E-state index in [4.69, 9.17) is 0 Å². The second-order valence-electron chi connectivity index (χ2n) is 7.97. The molecule has 2 aromatic carbocycles. The van der Waals surface area contributed by atoms with Crippen molar-refractivity contribution in [3.05, 3.63) is 84.3 Å². The monoisotopic (exact) mass is 440 g/mol. The third-order valence-corrected chi connectivity index (χ3v) is 5.93. The fourth-order valence-electron chi connectivity index (χ4n) is 4.18. The van der Waals surface area contributed by atoms with Crippen LogP contribution < -0.4 is 10.2 Å². The van der Waals surface area contributed by atoms with Crippen LogP contribution in [0.15, 0.2) is 73.1 Å². The number of amides is 2. The molecule has 33 heavy (non-hydrogen) atoms. The Morgan fingerprint density at radius 2 is 1.64 bits per heavy atom. The number of nitrogens with one attached hydrogen (secondary N) is 2. The lowest BCUT2D eigenvalue weighted by Crippen LogP contribution is -2.49. The molecule has 0 saturated carbocycles.